The number of phenolic OH excluding ortho intramolecular Hbond substituents is 1. The minimum absolute atomic E-state index is 0.0602. The van der Waals surface area contributed by atoms with Crippen LogP contribution in [-0.4, -0.2) is 61.1 Å². The molecule has 2 aromatic rings. The third-order valence-electron chi connectivity index (χ3n) is 6.68. The van der Waals surface area contributed by atoms with Crippen LogP contribution in [0.5, 0.6) is 5.75 Å². The van der Waals surface area contributed by atoms with Gasteiger partial charge in [0.1, 0.15) is 5.75 Å². The molecule has 1 aliphatic rings. The van der Waals surface area contributed by atoms with E-state index >= 15 is 0 Å². The van der Waals surface area contributed by atoms with Crippen LogP contribution in [0.4, 0.5) is 5.69 Å². The van der Waals surface area contributed by atoms with Gasteiger partial charge in [-0.3, -0.25) is 9.59 Å². The molecule has 0 spiro atoms. The Morgan fingerprint density at radius 3 is 2.37 bits per heavy atom. The predicted molar refractivity (Wildman–Crippen MR) is 141 cm³/mol. The van der Waals surface area contributed by atoms with Gasteiger partial charge in [0.25, 0.3) is 0 Å². The first-order valence-electron chi connectivity index (χ1n) is 12.9. The number of hydrogen-bond acceptors (Lipinski definition) is 5. The molecule has 0 bridgehead atoms. The number of carbonyl (C=O) groups is 2. The number of phenols is 1. The number of rotatable bonds is 15. The second-order valence-electron chi connectivity index (χ2n) is 9.23. The maximum atomic E-state index is 13.1. The standard InChI is InChI=1S/C28H40N4O3/c33-22-31-26-21-24(11-12-27(26)34)14-17-30-19-20-32(25-9-5-2-6-10-25)28(35)15-18-29-16-13-23-7-3-1-4-8-23/h1,3-4,7-8,11-12,21-22,25,29-30,34H,2,5-6,9-10,13-20H2,(H,31,33). The summed E-state index contributed by atoms with van der Waals surface area (Å²) in [6.45, 7) is 3.82. The molecule has 7 nitrogen and oxygen atoms in total. The molecular formula is C28H40N4O3. The second-order valence-corrected chi connectivity index (χ2v) is 9.23. The van der Waals surface area contributed by atoms with Crippen molar-refractivity contribution in [3.05, 3.63) is 59.7 Å². The third kappa shape index (κ3) is 9.34. The third-order valence-corrected chi connectivity index (χ3v) is 6.68. The zero-order valence-corrected chi connectivity index (χ0v) is 20.7. The summed E-state index contributed by atoms with van der Waals surface area (Å²) in [5, 5.41) is 19.2. The van der Waals surface area contributed by atoms with Gasteiger partial charge in [-0.1, -0.05) is 55.7 Å². The molecule has 1 fully saturated rings. The van der Waals surface area contributed by atoms with Gasteiger partial charge in [-0.25, -0.2) is 0 Å². The maximum Gasteiger partial charge on any atom is 0.224 e. The molecule has 3 rings (SSSR count). The van der Waals surface area contributed by atoms with Crippen LogP contribution in [0.25, 0.3) is 0 Å². The quantitative estimate of drug-likeness (QED) is 0.178. The van der Waals surface area contributed by atoms with Crippen molar-refractivity contribution in [1.82, 2.24) is 15.5 Å². The SMILES string of the molecule is O=CNc1cc(CCNCCN(C(=O)CCNCCc2ccccc2)C2CCCCC2)ccc1O. The molecule has 4 N–H and O–H groups in total. The monoisotopic (exact) mass is 480 g/mol. The van der Waals surface area contributed by atoms with Gasteiger partial charge in [-0.2, -0.15) is 0 Å². The maximum absolute atomic E-state index is 13.1. The lowest BCUT2D eigenvalue weighted by molar-refractivity contribution is -0.134. The second kappa shape index (κ2) is 15.2. The van der Waals surface area contributed by atoms with Crippen LogP contribution in [0.15, 0.2) is 48.5 Å². The van der Waals surface area contributed by atoms with Crippen molar-refractivity contribution >= 4 is 18.0 Å². The van der Waals surface area contributed by atoms with Crippen LogP contribution < -0.4 is 16.0 Å². The summed E-state index contributed by atoms with van der Waals surface area (Å²) >= 11 is 0. The summed E-state index contributed by atoms with van der Waals surface area (Å²) in [4.78, 5) is 25.9. The molecule has 2 aromatic carbocycles. The first-order chi connectivity index (χ1) is 17.2. The minimum Gasteiger partial charge on any atom is -0.506 e. The van der Waals surface area contributed by atoms with Crippen molar-refractivity contribution in [3.63, 3.8) is 0 Å². The van der Waals surface area contributed by atoms with Crippen molar-refractivity contribution in [2.45, 2.75) is 57.4 Å². The number of amides is 2. The van der Waals surface area contributed by atoms with Crippen LogP contribution in [-0.2, 0) is 22.4 Å². The fourth-order valence-electron chi connectivity index (χ4n) is 4.72. The van der Waals surface area contributed by atoms with E-state index in [1.54, 1.807) is 12.1 Å². The fourth-order valence-corrected chi connectivity index (χ4v) is 4.72. The smallest absolute Gasteiger partial charge is 0.224 e. The Kier molecular flexibility index (Phi) is 11.6. The van der Waals surface area contributed by atoms with Gasteiger partial charge in [0.15, 0.2) is 0 Å². The molecule has 1 aliphatic carbocycles. The first kappa shape index (κ1) is 26.7. The van der Waals surface area contributed by atoms with Crippen LogP contribution in [0.2, 0.25) is 0 Å². The normalized spacial score (nSPS) is 13.9. The van der Waals surface area contributed by atoms with E-state index < -0.39 is 0 Å². The minimum atomic E-state index is 0.0602. The molecule has 0 aliphatic heterocycles. The lowest BCUT2D eigenvalue weighted by Gasteiger charge is -2.34. The molecule has 0 saturated heterocycles. The highest BCUT2D eigenvalue weighted by atomic mass is 16.3. The molecule has 35 heavy (non-hydrogen) atoms. The Morgan fingerprint density at radius 2 is 1.63 bits per heavy atom. The Morgan fingerprint density at radius 1 is 0.914 bits per heavy atom. The molecule has 0 aromatic heterocycles. The van der Waals surface area contributed by atoms with Crippen molar-refractivity contribution < 1.29 is 14.7 Å². The summed E-state index contributed by atoms with van der Waals surface area (Å²) in [6.07, 6.45) is 8.73. The lowest BCUT2D eigenvalue weighted by atomic mass is 9.94. The first-order valence-corrected chi connectivity index (χ1v) is 12.9. The van der Waals surface area contributed by atoms with E-state index in [9.17, 15) is 14.7 Å². The number of aromatic hydroxyl groups is 1. The van der Waals surface area contributed by atoms with Crippen LogP contribution in [0.1, 0.15) is 49.7 Å². The van der Waals surface area contributed by atoms with Gasteiger partial charge in [0.05, 0.1) is 5.69 Å². The number of hydrogen-bond donors (Lipinski definition) is 4. The zero-order chi connectivity index (χ0) is 24.7. The van der Waals surface area contributed by atoms with E-state index in [1.807, 2.05) is 12.1 Å². The number of anilines is 1. The molecular weight excluding hydrogens is 440 g/mol. The molecule has 1 saturated carbocycles. The Bertz CT molecular complexity index is 900. The summed E-state index contributed by atoms with van der Waals surface area (Å²) < 4.78 is 0. The molecule has 0 heterocycles. The van der Waals surface area contributed by atoms with Crippen molar-refractivity contribution in [1.29, 1.82) is 0 Å². The molecule has 0 atom stereocenters. The van der Waals surface area contributed by atoms with E-state index in [4.69, 9.17) is 0 Å². The van der Waals surface area contributed by atoms with Gasteiger partial charge in [0, 0.05) is 32.1 Å². The summed E-state index contributed by atoms with van der Waals surface area (Å²) in [5.74, 6) is 0.305. The summed E-state index contributed by atoms with van der Waals surface area (Å²) in [5.41, 5.74) is 2.76. The lowest BCUT2D eigenvalue weighted by Crippen LogP contribution is -2.45. The Labute approximate surface area is 209 Å². The largest absolute Gasteiger partial charge is 0.506 e. The van der Waals surface area contributed by atoms with Gasteiger partial charge < -0.3 is 26.0 Å². The Balaban J connectivity index is 1.39. The van der Waals surface area contributed by atoms with E-state index in [1.165, 1.54) is 24.8 Å². The average Bonchev–Trinajstić information content (AvgIpc) is 2.89. The van der Waals surface area contributed by atoms with Crippen molar-refractivity contribution in [2.24, 2.45) is 0 Å². The fraction of sp³-hybridized carbons (Fsp3) is 0.500. The number of benzene rings is 2. The van der Waals surface area contributed by atoms with E-state index in [0.29, 0.717) is 31.1 Å². The van der Waals surface area contributed by atoms with Gasteiger partial charge >= 0.3 is 0 Å². The van der Waals surface area contributed by atoms with Gasteiger partial charge in [-0.05, 0) is 62.0 Å². The zero-order valence-electron chi connectivity index (χ0n) is 20.7. The number of carbonyl (C=O) groups excluding carboxylic acids is 2. The number of nitrogens with one attached hydrogen (secondary N) is 3. The highest BCUT2D eigenvalue weighted by molar-refractivity contribution is 5.77. The molecule has 2 amide bonds. The summed E-state index contributed by atoms with van der Waals surface area (Å²) in [7, 11) is 0. The Hall–Kier alpha value is -2.90. The topological polar surface area (TPSA) is 93.7 Å². The van der Waals surface area contributed by atoms with Crippen LogP contribution in [0, 0.1) is 0 Å². The van der Waals surface area contributed by atoms with E-state index in [-0.39, 0.29) is 11.7 Å². The van der Waals surface area contributed by atoms with Crippen LogP contribution >= 0.6 is 0 Å². The molecule has 0 unspecified atom stereocenters. The van der Waals surface area contributed by atoms with Gasteiger partial charge in [-0.15, -0.1) is 0 Å². The molecule has 0 radical (unpaired) electrons. The van der Waals surface area contributed by atoms with Gasteiger partial charge in [0.2, 0.25) is 12.3 Å². The van der Waals surface area contributed by atoms with E-state index in [0.717, 1.165) is 57.4 Å². The summed E-state index contributed by atoms with van der Waals surface area (Å²) in [6, 6.07) is 16.0. The average molecular weight is 481 g/mol. The van der Waals surface area contributed by atoms with Crippen molar-refractivity contribution in [3.8, 4) is 5.75 Å². The molecule has 190 valence electrons. The van der Waals surface area contributed by atoms with Crippen molar-refractivity contribution in [2.75, 3.05) is 38.0 Å². The molecule has 7 heteroatoms. The number of nitrogens with zero attached hydrogens (tertiary/aromatic N) is 1. The predicted octanol–water partition coefficient (Wildman–Crippen LogP) is 3.48. The highest BCUT2D eigenvalue weighted by Gasteiger charge is 2.24. The van der Waals surface area contributed by atoms with Crippen LogP contribution in [0.3, 0.4) is 0 Å². The highest BCUT2D eigenvalue weighted by Crippen LogP contribution is 2.24. The van der Waals surface area contributed by atoms with E-state index in [2.05, 4.69) is 45.1 Å².